The van der Waals surface area contributed by atoms with Crippen LogP contribution in [-0.2, 0) is 0 Å². The highest BCUT2D eigenvalue weighted by Gasteiger charge is 2.09. The van der Waals surface area contributed by atoms with Crippen molar-refractivity contribution in [3.05, 3.63) is 52.8 Å². The molecular formula is C13H11BrN2O2. The number of hydrogen-bond acceptors (Lipinski definition) is 3. The predicted octanol–water partition coefficient (Wildman–Crippen LogP) is 3.11. The summed E-state index contributed by atoms with van der Waals surface area (Å²) in [5.41, 5.74) is 1.25. The van der Waals surface area contributed by atoms with Gasteiger partial charge in [0.2, 0.25) is 0 Å². The molecule has 0 spiro atoms. The Morgan fingerprint density at radius 2 is 2.00 bits per heavy atom. The molecule has 0 saturated carbocycles. The van der Waals surface area contributed by atoms with Crippen LogP contribution in [0.4, 0.5) is 5.69 Å². The summed E-state index contributed by atoms with van der Waals surface area (Å²) in [6.07, 6.45) is 3.16. The number of ether oxygens (including phenoxy) is 1. The Hall–Kier alpha value is -1.88. The highest BCUT2D eigenvalue weighted by molar-refractivity contribution is 9.10. The van der Waals surface area contributed by atoms with E-state index in [1.165, 1.54) is 0 Å². The molecule has 1 aromatic carbocycles. The number of rotatable bonds is 3. The first-order valence-electron chi connectivity index (χ1n) is 5.25. The molecule has 5 heteroatoms. The van der Waals surface area contributed by atoms with Crippen molar-refractivity contribution in [1.29, 1.82) is 0 Å². The minimum Gasteiger partial charge on any atom is -0.497 e. The number of halogens is 1. The van der Waals surface area contributed by atoms with Crippen molar-refractivity contribution in [3.63, 3.8) is 0 Å². The molecule has 0 fully saturated rings. The number of carbonyl (C=O) groups excluding carboxylic acids is 1. The largest absolute Gasteiger partial charge is 0.497 e. The van der Waals surface area contributed by atoms with E-state index < -0.39 is 0 Å². The van der Waals surface area contributed by atoms with Crippen molar-refractivity contribution in [1.82, 2.24) is 4.98 Å². The van der Waals surface area contributed by atoms with Crippen molar-refractivity contribution in [2.45, 2.75) is 0 Å². The van der Waals surface area contributed by atoms with Gasteiger partial charge in [-0.3, -0.25) is 9.78 Å². The molecule has 0 radical (unpaired) electrons. The number of benzene rings is 1. The van der Waals surface area contributed by atoms with Crippen LogP contribution in [0.25, 0.3) is 0 Å². The number of hydrogen-bond donors (Lipinski definition) is 1. The lowest BCUT2D eigenvalue weighted by molar-refractivity contribution is 0.102. The predicted molar refractivity (Wildman–Crippen MR) is 72.9 cm³/mol. The van der Waals surface area contributed by atoms with Crippen LogP contribution in [-0.4, -0.2) is 18.0 Å². The number of nitrogens with zero attached hydrogens (tertiary/aromatic N) is 1. The first-order chi connectivity index (χ1) is 8.70. The van der Waals surface area contributed by atoms with Crippen LogP contribution >= 0.6 is 15.9 Å². The summed E-state index contributed by atoms with van der Waals surface area (Å²) in [5.74, 6) is 0.563. The normalized spacial score (nSPS) is 9.89. The lowest BCUT2D eigenvalue weighted by atomic mass is 10.2. The lowest BCUT2D eigenvalue weighted by Crippen LogP contribution is -2.12. The molecule has 4 nitrogen and oxygen atoms in total. The van der Waals surface area contributed by atoms with Gasteiger partial charge in [0.25, 0.3) is 5.91 Å². The van der Waals surface area contributed by atoms with Crippen LogP contribution in [0.3, 0.4) is 0 Å². The number of pyridine rings is 1. The summed E-state index contributed by atoms with van der Waals surface area (Å²) in [7, 11) is 1.60. The van der Waals surface area contributed by atoms with E-state index in [1.807, 2.05) is 0 Å². The van der Waals surface area contributed by atoms with Crippen molar-refractivity contribution in [2.24, 2.45) is 0 Å². The maximum atomic E-state index is 12.0. The topological polar surface area (TPSA) is 51.2 Å². The highest BCUT2D eigenvalue weighted by Crippen LogP contribution is 2.18. The Labute approximate surface area is 113 Å². The second-order valence-corrected chi connectivity index (χ2v) is 4.39. The summed E-state index contributed by atoms with van der Waals surface area (Å²) in [6.45, 7) is 0. The van der Waals surface area contributed by atoms with Gasteiger partial charge in [0, 0.05) is 22.6 Å². The van der Waals surface area contributed by atoms with Gasteiger partial charge in [-0.1, -0.05) is 0 Å². The molecule has 0 bridgehead atoms. The summed E-state index contributed by atoms with van der Waals surface area (Å²) >= 11 is 3.29. The Morgan fingerprint density at radius 3 is 2.61 bits per heavy atom. The Bertz CT molecular complexity index is 555. The van der Waals surface area contributed by atoms with E-state index in [9.17, 15) is 4.79 Å². The summed E-state index contributed by atoms with van der Waals surface area (Å²) < 4.78 is 5.71. The fourth-order valence-electron chi connectivity index (χ4n) is 1.43. The van der Waals surface area contributed by atoms with Gasteiger partial charge < -0.3 is 10.1 Å². The van der Waals surface area contributed by atoms with Gasteiger partial charge in [-0.25, -0.2) is 0 Å². The van der Waals surface area contributed by atoms with Crippen molar-refractivity contribution in [3.8, 4) is 5.75 Å². The lowest BCUT2D eigenvalue weighted by Gasteiger charge is -2.07. The zero-order valence-electron chi connectivity index (χ0n) is 9.68. The quantitative estimate of drug-likeness (QED) is 0.948. The van der Waals surface area contributed by atoms with Crippen LogP contribution < -0.4 is 10.1 Å². The minimum atomic E-state index is -0.186. The van der Waals surface area contributed by atoms with Crippen molar-refractivity contribution in [2.75, 3.05) is 12.4 Å². The van der Waals surface area contributed by atoms with Gasteiger partial charge >= 0.3 is 0 Å². The maximum Gasteiger partial charge on any atom is 0.256 e. The van der Waals surface area contributed by atoms with E-state index >= 15 is 0 Å². The fraction of sp³-hybridized carbons (Fsp3) is 0.0769. The smallest absolute Gasteiger partial charge is 0.256 e. The number of aromatic nitrogens is 1. The zero-order chi connectivity index (χ0) is 13.0. The van der Waals surface area contributed by atoms with E-state index in [4.69, 9.17) is 4.74 Å². The van der Waals surface area contributed by atoms with Crippen molar-refractivity contribution < 1.29 is 9.53 Å². The van der Waals surface area contributed by atoms with Crippen LogP contribution in [0.15, 0.2) is 47.2 Å². The summed E-state index contributed by atoms with van der Waals surface area (Å²) in [6, 6.07) is 8.80. The molecule has 18 heavy (non-hydrogen) atoms. The molecule has 2 rings (SSSR count). The molecular weight excluding hydrogens is 296 g/mol. The van der Waals surface area contributed by atoms with E-state index in [2.05, 4.69) is 26.2 Å². The third kappa shape index (κ3) is 2.87. The zero-order valence-corrected chi connectivity index (χ0v) is 11.3. The molecule has 1 N–H and O–H groups in total. The molecule has 1 aromatic heterocycles. The average Bonchev–Trinajstić information content (AvgIpc) is 2.40. The van der Waals surface area contributed by atoms with Gasteiger partial charge in [-0.2, -0.15) is 0 Å². The van der Waals surface area contributed by atoms with E-state index in [0.29, 0.717) is 15.7 Å². The molecule has 0 unspecified atom stereocenters. The SMILES string of the molecule is COc1ccc(NC(=O)c2ccncc2Br)cc1. The molecule has 0 aliphatic carbocycles. The maximum absolute atomic E-state index is 12.0. The first-order valence-corrected chi connectivity index (χ1v) is 6.05. The summed E-state index contributed by atoms with van der Waals surface area (Å²) in [4.78, 5) is 15.9. The third-order valence-corrected chi connectivity index (χ3v) is 3.00. The molecule has 0 aliphatic heterocycles. The Morgan fingerprint density at radius 1 is 1.28 bits per heavy atom. The van der Waals surface area contributed by atoms with Gasteiger partial charge in [0.1, 0.15) is 5.75 Å². The molecule has 0 aliphatic rings. The standard InChI is InChI=1S/C13H11BrN2O2/c1-18-10-4-2-9(3-5-10)16-13(17)11-6-7-15-8-12(11)14/h2-8H,1H3,(H,16,17). The minimum absolute atomic E-state index is 0.186. The van der Waals surface area contributed by atoms with Gasteiger partial charge in [-0.15, -0.1) is 0 Å². The van der Waals surface area contributed by atoms with Gasteiger partial charge in [0.05, 0.1) is 12.7 Å². The van der Waals surface area contributed by atoms with Crippen LogP contribution in [0.5, 0.6) is 5.75 Å². The highest BCUT2D eigenvalue weighted by atomic mass is 79.9. The van der Waals surface area contributed by atoms with Crippen LogP contribution in [0.1, 0.15) is 10.4 Å². The van der Waals surface area contributed by atoms with Gasteiger partial charge in [-0.05, 0) is 46.3 Å². The van der Waals surface area contributed by atoms with Gasteiger partial charge in [0.15, 0.2) is 0 Å². The fourth-order valence-corrected chi connectivity index (χ4v) is 1.86. The molecule has 2 aromatic rings. The molecule has 0 saturated heterocycles. The second kappa shape index (κ2) is 5.64. The first kappa shape index (κ1) is 12.6. The molecule has 0 atom stereocenters. The van der Waals surface area contributed by atoms with E-state index in [1.54, 1.807) is 49.8 Å². The Kier molecular flexibility index (Phi) is 3.94. The second-order valence-electron chi connectivity index (χ2n) is 3.54. The number of carbonyl (C=O) groups is 1. The molecule has 1 heterocycles. The molecule has 92 valence electrons. The monoisotopic (exact) mass is 306 g/mol. The Balaban J connectivity index is 2.14. The van der Waals surface area contributed by atoms with Crippen LogP contribution in [0.2, 0.25) is 0 Å². The number of nitrogens with one attached hydrogen (secondary N) is 1. The average molecular weight is 307 g/mol. The number of amides is 1. The summed E-state index contributed by atoms with van der Waals surface area (Å²) in [5, 5.41) is 2.80. The van der Waals surface area contributed by atoms with E-state index in [0.717, 1.165) is 5.75 Å². The van der Waals surface area contributed by atoms with E-state index in [-0.39, 0.29) is 5.91 Å². The molecule has 1 amide bonds. The van der Waals surface area contributed by atoms with Crippen LogP contribution in [0, 0.1) is 0 Å². The number of methoxy groups -OCH3 is 1. The third-order valence-electron chi connectivity index (χ3n) is 2.36. The van der Waals surface area contributed by atoms with Crippen molar-refractivity contribution >= 4 is 27.5 Å². The number of anilines is 1.